The minimum Gasteiger partial charge on any atom is -0.497 e. The van der Waals surface area contributed by atoms with Crippen molar-refractivity contribution < 1.29 is 19.0 Å². The Morgan fingerprint density at radius 3 is 2.42 bits per heavy atom. The van der Waals surface area contributed by atoms with E-state index >= 15 is 0 Å². The van der Waals surface area contributed by atoms with Crippen molar-refractivity contribution in [3.63, 3.8) is 0 Å². The quantitative estimate of drug-likeness (QED) is 0.435. The zero-order valence-electron chi connectivity index (χ0n) is 18.3. The van der Waals surface area contributed by atoms with Crippen LogP contribution in [0.1, 0.15) is 41.3 Å². The molecule has 3 aromatic rings. The molecule has 1 unspecified atom stereocenters. The Morgan fingerprint density at radius 1 is 1.06 bits per heavy atom. The van der Waals surface area contributed by atoms with Crippen LogP contribution in [0.15, 0.2) is 53.9 Å². The Bertz CT molecular complexity index is 987. The SMILES string of the molecule is CCC(C)N(Cc1csc(COc2ccccc2OC)n1)C(=O)c1ccc(OC)cc1. The molecule has 0 radical (unpaired) electrons. The van der Waals surface area contributed by atoms with Gasteiger partial charge in [0.15, 0.2) is 11.5 Å². The van der Waals surface area contributed by atoms with E-state index in [9.17, 15) is 4.79 Å². The molecule has 0 aliphatic heterocycles. The molecule has 1 aromatic heterocycles. The van der Waals surface area contributed by atoms with Crippen LogP contribution in [0.3, 0.4) is 0 Å². The van der Waals surface area contributed by atoms with Crippen molar-refractivity contribution in [2.75, 3.05) is 14.2 Å². The van der Waals surface area contributed by atoms with Crippen molar-refractivity contribution in [1.82, 2.24) is 9.88 Å². The highest BCUT2D eigenvalue weighted by atomic mass is 32.1. The number of rotatable bonds is 10. The molecule has 0 N–H and O–H groups in total. The third-order valence-electron chi connectivity index (χ3n) is 5.07. The average Bonchev–Trinajstić information content (AvgIpc) is 3.28. The van der Waals surface area contributed by atoms with Crippen molar-refractivity contribution >= 4 is 17.2 Å². The summed E-state index contributed by atoms with van der Waals surface area (Å²) in [5.41, 5.74) is 1.49. The number of hydrogen-bond donors (Lipinski definition) is 0. The van der Waals surface area contributed by atoms with Gasteiger partial charge in [-0.15, -0.1) is 11.3 Å². The van der Waals surface area contributed by atoms with Crippen molar-refractivity contribution in [1.29, 1.82) is 0 Å². The van der Waals surface area contributed by atoms with Gasteiger partial charge in [0, 0.05) is 17.0 Å². The molecule has 1 amide bonds. The van der Waals surface area contributed by atoms with Crippen LogP contribution in [0.5, 0.6) is 17.2 Å². The molecule has 31 heavy (non-hydrogen) atoms. The van der Waals surface area contributed by atoms with Crippen LogP contribution < -0.4 is 14.2 Å². The van der Waals surface area contributed by atoms with Crippen molar-refractivity contribution in [3.8, 4) is 17.2 Å². The lowest BCUT2D eigenvalue weighted by Gasteiger charge is -2.28. The summed E-state index contributed by atoms with van der Waals surface area (Å²) < 4.78 is 16.4. The molecule has 0 aliphatic carbocycles. The highest BCUT2D eigenvalue weighted by Gasteiger charge is 2.22. The van der Waals surface area contributed by atoms with E-state index in [-0.39, 0.29) is 11.9 Å². The van der Waals surface area contributed by atoms with E-state index in [0.717, 1.165) is 22.9 Å². The van der Waals surface area contributed by atoms with Gasteiger partial charge in [-0.25, -0.2) is 4.98 Å². The fourth-order valence-corrected chi connectivity index (χ4v) is 3.78. The summed E-state index contributed by atoms with van der Waals surface area (Å²) in [6.07, 6.45) is 0.857. The Labute approximate surface area is 187 Å². The van der Waals surface area contributed by atoms with E-state index in [0.29, 0.717) is 30.2 Å². The zero-order chi connectivity index (χ0) is 22.2. The van der Waals surface area contributed by atoms with E-state index < -0.39 is 0 Å². The van der Waals surface area contributed by atoms with Crippen molar-refractivity contribution in [2.24, 2.45) is 0 Å². The van der Waals surface area contributed by atoms with Crippen LogP contribution in [0.4, 0.5) is 0 Å². The van der Waals surface area contributed by atoms with E-state index in [1.165, 1.54) is 11.3 Å². The van der Waals surface area contributed by atoms with Gasteiger partial charge in [-0.2, -0.15) is 0 Å². The summed E-state index contributed by atoms with van der Waals surface area (Å²) >= 11 is 1.52. The van der Waals surface area contributed by atoms with Crippen molar-refractivity contribution in [2.45, 2.75) is 39.5 Å². The van der Waals surface area contributed by atoms with Gasteiger partial charge in [0.05, 0.1) is 26.5 Å². The zero-order valence-corrected chi connectivity index (χ0v) is 19.1. The molecule has 1 heterocycles. The number of nitrogens with zero attached hydrogens (tertiary/aromatic N) is 2. The summed E-state index contributed by atoms with van der Waals surface area (Å²) in [4.78, 5) is 19.7. The van der Waals surface area contributed by atoms with Gasteiger partial charge in [-0.05, 0) is 49.7 Å². The maximum Gasteiger partial charge on any atom is 0.254 e. The number of methoxy groups -OCH3 is 2. The lowest BCUT2D eigenvalue weighted by atomic mass is 10.1. The Balaban J connectivity index is 1.69. The third kappa shape index (κ3) is 5.76. The summed E-state index contributed by atoms with van der Waals surface area (Å²) in [5, 5.41) is 2.83. The van der Waals surface area contributed by atoms with Gasteiger partial charge in [0.1, 0.15) is 17.4 Å². The molecule has 6 nitrogen and oxygen atoms in total. The predicted octanol–water partition coefficient (Wildman–Crippen LogP) is 5.18. The molecule has 7 heteroatoms. The number of aromatic nitrogens is 1. The average molecular weight is 441 g/mol. The Morgan fingerprint density at radius 2 is 1.77 bits per heavy atom. The molecule has 0 spiro atoms. The number of hydrogen-bond acceptors (Lipinski definition) is 6. The number of carbonyl (C=O) groups is 1. The number of benzene rings is 2. The van der Waals surface area contributed by atoms with Crippen LogP contribution in [-0.2, 0) is 13.2 Å². The summed E-state index contributed by atoms with van der Waals surface area (Å²) in [6, 6.07) is 14.8. The van der Waals surface area contributed by atoms with Gasteiger partial charge in [0.2, 0.25) is 0 Å². The van der Waals surface area contributed by atoms with Gasteiger partial charge in [-0.1, -0.05) is 19.1 Å². The molecular weight excluding hydrogens is 412 g/mol. The van der Waals surface area contributed by atoms with E-state index in [4.69, 9.17) is 14.2 Å². The van der Waals surface area contributed by atoms with E-state index in [1.54, 1.807) is 38.5 Å². The molecule has 0 aliphatic rings. The molecule has 3 rings (SSSR count). The van der Waals surface area contributed by atoms with E-state index in [1.807, 2.05) is 34.5 Å². The number of carbonyl (C=O) groups excluding carboxylic acids is 1. The largest absolute Gasteiger partial charge is 0.497 e. The number of amides is 1. The fourth-order valence-electron chi connectivity index (χ4n) is 3.09. The van der Waals surface area contributed by atoms with Crippen LogP contribution >= 0.6 is 11.3 Å². The van der Waals surface area contributed by atoms with Gasteiger partial charge in [-0.3, -0.25) is 4.79 Å². The lowest BCUT2D eigenvalue weighted by Crippen LogP contribution is -2.37. The monoisotopic (exact) mass is 440 g/mol. The van der Waals surface area contributed by atoms with Crippen LogP contribution in [0.2, 0.25) is 0 Å². The molecule has 0 saturated heterocycles. The lowest BCUT2D eigenvalue weighted by molar-refractivity contribution is 0.0669. The molecule has 0 fully saturated rings. The second-order valence-corrected chi connectivity index (χ2v) is 8.03. The number of ether oxygens (including phenoxy) is 3. The third-order valence-corrected chi connectivity index (χ3v) is 5.94. The molecule has 2 aromatic carbocycles. The summed E-state index contributed by atoms with van der Waals surface area (Å²) in [5.74, 6) is 2.08. The predicted molar refractivity (Wildman–Crippen MR) is 122 cm³/mol. The van der Waals surface area contributed by atoms with Crippen LogP contribution in [0, 0.1) is 0 Å². The van der Waals surface area contributed by atoms with Gasteiger partial charge < -0.3 is 19.1 Å². The minimum absolute atomic E-state index is 0.0168. The highest BCUT2D eigenvalue weighted by Crippen LogP contribution is 2.27. The van der Waals surface area contributed by atoms with E-state index in [2.05, 4.69) is 18.8 Å². The second kappa shape index (κ2) is 10.8. The molecule has 164 valence electrons. The van der Waals surface area contributed by atoms with Crippen LogP contribution in [-0.4, -0.2) is 36.1 Å². The fraction of sp³-hybridized carbons (Fsp3) is 0.333. The summed E-state index contributed by atoms with van der Waals surface area (Å²) in [7, 11) is 3.23. The second-order valence-electron chi connectivity index (χ2n) is 7.09. The summed E-state index contributed by atoms with van der Waals surface area (Å²) in [6.45, 7) is 4.93. The normalized spacial score (nSPS) is 11.6. The number of thiazole rings is 1. The minimum atomic E-state index is -0.0168. The maximum atomic E-state index is 13.2. The molecule has 0 saturated carbocycles. The number of para-hydroxylation sites is 2. The standard InChI is InChI=1S/C24H28N2O4S/c1-5-17(2)26(24(27)18-10-12-20(28-3)13-11-18)14-19-16-31-23(25-19)15-30-22-9-7-6-8-21(22)29-4/h6-13,16-17H,5,14-15H2,1-4H3. The highest BCUT2D eigenvalue weighted by molar-refractivity contribution is 7.09. The molecule has 1 atom stereocenters. The van der Waals surface area contributed by atoms with Crippen molar-refractivity contribution in [3.05, 3.63) is 70.2 Å². The Hall–Kier alpha value is -3.06. The topological polar surface area (TPSA) is 60.9 Å². The van der Waals surface area contributed by atoms with Gasteiger partial charge >= 0.3 is 0 Å². The first kappa shape index (κ1) is 22.6. The van der Waals surface area contributed by atoms with Gasteiger partial charge in [0.25, 0.3) is 5.91 Å². The van der Waals surface area contributed by atoms with Crippen LogP contribution in [0.25, 0.3) is 0 Å². The first-order chi connectivity index (χ1) is 15.0. The Kier molecular flexibility index (Phi) is 7.89. The smallest absolute Gasteiger partial charge is 0.254 e. The first-order valence-corrected chi connectivity index (χ1v) is 11.1. The first-order valence-electron chi connectivity index (χ1n) is 10.2. The maximum absolute atomic E-state index is 13.2. The molecular formula is C24H28N2O4S. The molecule has 0 bridgehead atoms.